The molecule has 4 nitrogen and oxygen atoms in total. The zero-order chi connectivity index (χ0) is 15.8. The van der Waals surface area contributed by atoms with Gasteiger partial charge in [0.1, 0.15) is 0 Å². The van der Waals surface area contributed by atoms with Crippen molar-refractivity contribution < 1.29 is 4.74 Å². The molecule has 2 N–H and O–H groups in total. The molecule has 1 aromatic carbocycles. The fourth-order valence-electron chi connectivity index (χ4n) is 2.69. The van der Waals surface area contributed by atoms with Crippen LogP contribution in [-0.4, -0.2) is 38.8 Å². The van der Waals surface area contributed by atoms with Crippen LogP contribution in [0.4, 0.5) is 0 Å². The maximum atomic E-state index is 5.17. The highest BCUT2D eigenvalue weighted by Gasteiger charge is 2.42. The molecule has 1 saturated carbocycles. The molecule has 1 aromatic rings. The molecular formula is C18H30IN3O. The van der Waals surface area contributed by atoms with Gasteiger partial charge in [-0.15, -0.1) is 24.0 Å². The molecule has 5 heteroatoms. The first kappa shape index (κ1) is 20.2. The molecule has 0 amide bonds. The first-order valence-electron chi connectivity index (χ1n) is 8.25. The lowest BCUT2D eigenvalue weighted by Gasteiger charge is -2.19. The van der Waals surface area contributed by atoms with Crippen molar-refractivity contribution in [3.8, 4) is 0 Å². The summed E-state index contributed by atoms with van der Waals surface area (Å²) in [5.74, 6) is 0.895. The van der Waals surface area contributed by atoms with E-state index in [4.69, 9.17) is 9.73 Å². The first-order chi connectivity index (χ1) is 10.7. The quantitative estimate of drug-likeness (QED) is 0.378. The summed E-state index contributed by atoms with van der Waals surface area (Å²) in [6, 6.07) is 11.0. The first-order valence-corrected chi connectivity index (χ1v) is 8.25. The molecule has 0 spiro atoms. The summed E-state index contributed by atoms with van der Waals surface area (Å²) in [4.78, 5) is 4.80. The van der Waals surface area contributed by atoms with E-state index in [9.17, 15) is 0 Å². The molecule has 23 heavy (non-hydrogen) atoms. The summed E-state index contributed by atoms with van der Waals surface area (Å²) < 4.78 is 5.17. The van der Waals surface area contributed by atoms with Gasteiger partial charge in [0.2, 0.25) is 0 Å². The number of rotatable bonds is 8. The van der Waals surface area contributed by atoms with Gasteiger partial charge in [0.15, 0.2) is 5.96 Å². The smallest absolute Gasteiger partial charge is 0.191 e. The summed E-state index contributed by atoms with van der Waals surface area (Å²) in [5, 5.41) is 6.72. The maximum absolute atomic E-state index is 5.17. The van der Waals surface area contributed by atoms with Gasteiger partial charge in [0.05, 0.1) is 6.61 Å². The topological polar surface area (TPSA) is 45.7 Å². The number of methoxy groups -OCH3 is 1. The summed E-state index contributed by atoms with van der Waals surface area (Å²) >= 11 is 0. The predicted molar refractivity (Wildman–Crippen MR) is 108 cm³/mol. The van der Waals surface area contributed by atoms with E-state index in [2.05, 4.69) is 54.8 Å². The Morgan fingerprint density at radius 3 is 2.57 bits per heavy atom. The molecule has 0 aromatic heterocycles. The molecule has 0 aliphatic heterocycles. The van der Waals surface area contributed by atoms with Crippen molar-refractivity contribution in [2.45, 2.75) is 39.2 Å². The van der Waals surface area contributed by atoms with Crippen LogP contribution in [0.3, 0.4) is 0 Å². The molecule has 1 unspecified atom stereocenters. The Hall–Kier alpha value is -0.820. The summed E-state index contributed by atoms with van der Waals surface area (Å²) in [6.07, 6.45) is 3.68. The van der Waals surface area contributed by atoms with Gasteiger partial charge in [0.25, 0.3) is 0 Å². The monoisotopic (exact) mass is 431 g/mol. The van der Waals surface area contributed by atoms with Crippen LogP contribution >= 0.6 is 24.0 Å². The molecule has 2 rings (SSSR count). The van der Waals surface area contributed by atoms with Crippen LogP contribution in [-0.2, 0) is 11.2 Å². The van der Waals surface area contributed by atoms with Gasteiger partial charge in [-0.05, 0) is 44.1 Å². The van der Waals surface area contributed by atoms with Gasteiger partial charge in [-0.2, -0.15) is 0 Å². The molecule has 0 saturated heterocycles. The van der Waals surface area contributed by atoms with E-state index in [1.807, 2.05) is 0 Å². The minimum absolute atomic E-state index is 0. The van der Waals surface area contributed by atoms with Crippen molar-refractivity contribution >= 4 is 29.9 Å². The molecule has 1 fully saturated rings. The summed E-state index contributed by atoms with van der Waals surface area (Å²) in [5.41, 5.74) is 1.79. The number of nitrogens with one attached hydrogen (secondary N) is 2. The van der Waals surface area contributed by atoms with Crippen LogP contribution in [0.2, 0.25) is 0 Å². The van der Waals surface area contributed by atoms with E-state index < -0.39 is 0 Å². The highest BCUT2D eigenvalue weighted by molar-refractivity contribution is 14.0. The van der Waals surface area contributed by atoms with Gasteiger partial charge in [0, 0.05) is 26.2 Å². The molecular weight excluding hydrogens is 401 g/mol. The van der Waals surface area contributed by atoms with Crippen molar-refractivity contribution in [1.29, 1.82) is 0 Å². The predicted octanol–water partition coefficient (Wildman–Crippen LogP) is 3.22. The Morgan fingerprint density at radius 2 is 2.00 bits per heavy atom. The number of ether oxygens (including phenoxy) is 1. The highest BCUT2D eigenvalue weighted by Crippen LogP contribution is 2.48. The fraction of sp³-hybridized carbons (Fsp3) is 0.611. The van der Waals surface area contributed by atoms with Gasteiger partial charge >= 0.3 is 0 Å². The number of nitrogens with zero attached hydrogens (tertiary/aromatic N) is 1. The number of aliphatic imine (C=N–C) groups is 1. The van der Waals surface area contributed by atoms with Gasteiger partial charge < -0.3 is 15.4 Å². The Balaban J connectivity index is 0.00000264. The van der Waals surface area contributed by atoms with Crippen molar-refractivity contribution in [2.24, 2.45) is 10.4 Å². The van der Waals surface area contributed by atoms with Crippen LogP contribution < -0.4 is 10.6 Å². The Morgan fingerprint density at radius 1 is 1.30 bits per heavy atom. The third-order valence-corrected chi connectivity index (χ3v) is 4.10. The lowest BCUT2D eigenvalue weighted by molar-refractivity contribution is 0.179. The van der Waals surface area contributed by atoms with Crippen LogP contribution in [0.15, 0.2) is 35.3 Å². The minimum atomic E-state index is 0. The van der Waals surface area contributed by atoms with Crippen LogP contribution in [0.5, 0.6) is 0 Å². The number of hydrogen-bond donors (Lipinski definition) is 2. The second kappa shape index (κ2) is 10.1. The number of guanidine groups is 1. The van der Waals surface area contributed by atoms with E-state index in [-0.39, 0.29) is 30.0 Å². The molecule has 1 aliphatic carbocycles. The second-order valence-electron chi connectivity index (χ2n) is 6.36. The van der Waals surface area contributed by atoms with Crippen LogP contribution in [0, 0.1) is 5.41 Å². The van der Waals surface area contributed by atoms with Crippen molar-refractivity contribution in [3.63, 3.8) is 0 Å². The standard InChI is InChI=1S/C18H29N3O.HI/c1-4-19-17(21-15(2)13-22-3)20-14-18(10-11-18)12-16-8-6-5-7-9-16;/h5-9,15H,4,10-14H2,1-3H3,(H2,19,20,21);1H. The van der Waals surface area contributed by atoms with Gasteiger partial charge in [-0.25, -0.2) is 0 Å². The lowest BCUT2D eigenvalue weighted by Crippen LogP contribution is -2.44. The minimum Gasteiger partial charge on any atom is -0.383 e. The average molecular weight is 431 g/mol. The SMILES string of the molecule is CCNC(=NCC1(Cc2ccccc2)CC1)NC(C)COC.I. The van der Waals surface area contributed by atoms with E-state index in [0.29, 0.717) is 12.0 Å². The van der Waals surface area contributed by atoms with E-state index in [1.54, 1.807) is 7.11 Å². The van der Waals surface area contributed by atoms with Crippen molar-refractivity contribution in [1.82, 2.24) is 10.6 Å². The third-order valence-electron chi connectivity index (χ3n) is 4.10. The molecule has 0 heterocycles. The lowest BCUT2D eigenvalue weighted by atomic mass is 9.97. The zero-order valence-corrected chi connectivity index (χ0v) is 16.8. The summed E-state index contributed by atoms with van der Waals surface area (Å²) in [7, 11) is 1.72. The second-order valence-corrected chi connectivity index (χ2v) is 6.36. The Labute approximate surface area is 157 Å². The number of hydrogen-bond acceptors (Lipinski definition) is 2. The highest BCUT2D eigenvalue weighted by atomic mass is 127. The van der Waals surface area contributed by atoms with Crippen LogP contribution in [0.1, 0.15) is 32.3 Å². The molecule has 130 valence electrons. The van der Waals surface area contributed by atoms with E-state index >= 15 is 0 Å². The third kappa shape index (κ3) is 7.08. The van der Waals surface area contributed by atoms with E-state index in [1.165, 1.54) is 18.4 Å². The summed E-state index contributed by atoms with van der Waals surface area (Å²) in [6.45, 7) is 6.63. The van der Waals surface area contributed by atoms with Gasteiger partial charge in [-0.1, -0.05) is 30.3 Å². The van der Waals surface area contributed by atoms with Gasteiger partial charge in [-0.3, -0.25) is 4.99 Å². The maximum Gasteiger partial charge on any atom is 0.191 e. The molecule has 0 bridgehead atoms. The number of halogens is 1. The Kier molecular flexibility index (Phi) is 8.91. The normalized spacial score (nSPS) is 17.1. The van der Waals surface area contributed by atoms with Crippen molar-refractivity contribution in [3.05, 3.63) is 35.9 Å². The molecule has 1 atom stereocenters. The largest absolute Gasteiger partial charge is 0.383 e. The van der Waals surface area contributed by atoms with E-state index in [0.717, 1.165) is 25.5 Å². The molecule has 1 aliphatic rings. The molecule has 0 radical (unpaired) electrons. The van der Waals surface area contributed by atoms with Crippen molar-refractivity contribution in [2.75, 3.05) is 26.8 Å². The fourth-order valence-corrected chi connectivity index (χ4v) is 2.69. The average Bonchev–Trinajstić information content (AvgIpc) is 3.26. The Bertz CT molecular complexity index is 474. The zero-order valence-electron chi connectivity index (χ0n) is 14.5. The van der Waals surface area contributed by atoms with Crippen LogP contribution in [0.25, 0.3) is 0 Å². The number of benzene rings is 1.